The lowest BCUT2D eigenvalue weighted by molar-refractivity contribution is -0.136. The molecule has 0 aliphatic heterocycles. The number of hydrogen-bond acceptors (Lipinski definition) is 3. The molecule has 3 N–H and O–H groups in total. The molecule has 0 fully saturated rings. The monoisotopic (exact) mass is 360 g/mol. The maximum absolute atomic E-state index is 10.3. The first-order valence-corrected chi connectivity index (χ1v) is 9.10. The maximum atomic E-state index is 10.3. The van der Waals surface area contributed by atoms with Crippen molar-refractivity contribution in [1.29, 1.82) is 0 Å². The molecule has 0 saturated carbocycles. The first-order valence-electron chi connectivity index (χ1n) is 9.10. The van der Waals surface area contributed by atoms with E-state index in [9.17, 15) is 15.0 Å². The zero-order valence-electron chi connectivity index (χ0n) is 15.6. The highest BCUT2D eigenvalue weighted by Crippen LogP contribution is 1.99. The van der Waals surface area contributed by atoms with Gasteiger partial charge >= 0.3 is 5.97 Å². The Kier molecular flexibility index (Phi) is 16.2. The van der Waals surface area contributed by atoms with Crippen molar-refractivity contribution < 1.29 is 20.1 Å². The van der Waals surface area contributed by atoms with Gasteiger partial charge < -0.3 is 15.3 Å². The average molecular weight is 360 g/mol. The summed E-state index contributed by atoms with van der Waals surface area (Å²) < 4.78 is 0. The number of rotatable bonds is 14. The van der Waals surface area contributed by atoms with E-state index in [0.29, 0.717) is 12.8 Å². The molecule has 0 aromatic rings. The summed E-state index contributed by atoms with van der Waals surface area (Å²) in [6.45, 7) is 1.93. The van der Waals surface area contributed by atoms with Crippen LogP contribution in [0.25, 0.3) is 0 Å². The van der Waals surface area contributed by atoms with E-state index >= 15 is 0 Å². The molecule has 4 heteroatoms. The Bertz CT molecular complexity index is 524. The summed E-state index contributed by atoms with van der Waals surface area (Å²) in [4.78, 5) is 10.3. The fraction of sp³-hybridized carbons (Fsp3) is 0.409. The molecule has 0 rings (SSSR count). The summed E-state index contributed by atoms with van der Waals surface area (Å²) in [7, 11) is 0. The van der Waals surface area contributed by atoms with Gasteiger partial charge in [0.2, 0.25) is 0 Å². The van der Waals surface area contributed by atoms with Gasteiger partial charge in [-0.3, -0.25) is 4.79 Å². The molecule has 0 bridgehead atoms. The predicted molar refractivity (Wildman–Crippen MR) is 108 cm³/mol. The molecule has 0 aliphatic rings. The minimum atomic E-state index is -0.783. The van der Waals surface area contributed by atoms with Crippen molar-refractivity contribution in [2.45, 2.75) is 57.7 Å². The second-order valence-electron chi connectivity index (χ2n) is 5.75. The van der Waals surface area contributed by atoms with Gasteiger partial charge in [0.25, 0.3) is 0 Å². The van der Waals surface area contributed by atoms with Gasteiger partial charge in [0.05, 0.1) is 12.2 Å². The van der Waals surface area contributed by atoms with Crippen LogP contribution in [0.3, 0.4) is 0 Å². The van der Waals surface area contributed by atoms with Crippen LogP contribution in [0, 0.1) is 0 Å². The van der Waals surface area contributed by atoms with Gasteiger partial charge in [-0.15, -0.1) is 0 Å². The number of aliphatic hydroxyl groups excluding tert-OH is 2. The summed E-state index contributed by atoms with van der Waals surface area (Å²) in [5.41, 5.74) is 0. The standard InChI is InChI=1S/C22H32O4/c1-2-20(23)16-12-8-4-3-5-9-13-17-21(24)18-14-10-6-7-11-15-19-22(25)26/h4-5,7-14,16-17,20-21,23-24H,2-3,6,15,18-19H2,1H3,(H,25,26)/b8-4-,9-5-,11-7-,14-10-,16-12+,17-13-. The number of aliphatic hydroxyl groups is 2. The van der Waals surface area contributed by atoms with Gasteiger partial charge in [0.15, 0.2) is 0 Å². The van der Waals surface area contributed by atoms with E-state index in [1.165, 1.54) is 0 Å². The SMILES string of the molecule is CCC(O)/C=C/C=C\C/C=C\C=C/C(O)C/C=C\C/C=C\CCC(=O)O. The molecule has 0 aromatic heterocycles. The van der Waals surface area contributed by atoms with Crippen LogP contribution in [0.1, 0.15) is 45.4 Å². The molecule has 0 radical (unpaired) electrons. The summed E-state index contributed by atoms with van der Waals surface area (Å²) in [6.07, 6.45) is 25.2. The van der Waals surface area contributed by atoms with Crippen molar-refractivity contribution in [3.8, 4) is 0 Å². The van der Waals surface area contributed by atoms with Crippen LogP contribution < -0.4 is 0 Å². The predicted octanol–water partition coefficient (Wildman–Crippen LogP) is 4.49. The third-order valence-electron chi connectivity index (χ3n) is 3.36. The summed E-state index contributed by atoms with van der Waals surface area (Å²) in [5.74, 6) is -0.783. The molecule has 0 aromatic carbocycles. The van der Waals surface area contributed by atoms with Gasteiger partial charge in [0.1, 0.15) is 0 Å². The summed E-state index contributed by atoms with van der Waals surface area (Å²) >= 11 is 0. The van der Waals surface area contributed by atoms with Crippen molar-refractivity contribution in [3.63, 3.8) is 0 Å². The van der Waals surface area contributed by atoms with Crippen LogP contribution in [0.4, 0.5) is 0 Å². The van der Waals surface area contributed by atoms with Crippen molar-refractivity contribution >= 4 is 5.97 Å². The number of allylic oxidation sites excluding steroid dienone is 9. The van der Waals surface area contributed by atoms with E-state index < -0.39 is 12.1 Å². The number of carboxylic acid groups (broad SMARTS) is 1. The van der Waals surface area contributed by atoms with Crippen LogP contribution in [0.15, 0.2) is 72.9 Å². The van der Waals surface area contributed by atoms with Crippen LogP contribution in [0.5, 0.6) is 0 Å². The molecule has 2 atom stereocenters. The molecule has 0 spiro atoms. The fourth-order valence-corrected chi connectivity index (χ4v) is 1.82. The molecule has 0 saturated heterocycles. The van der Waals surface area contributed by atoms with Gasteiger partial charge in [0, 0.05) is 6.42 Å². The van der Waals surface area contributed by atoms with Crippen LogP contribution in [-0.4, -0.2) is 33.5 Å². The minimum Gasteiger partial charge on any atom is -0.481 e. The number of hydrogen-bond donors (Lipinski definition) is 3. The summed E-state index contributed by atoms with van der Waals surface area (Å²) in [5, 5.41) is 27.6. The lowest BCUT2D eigenvalue weighted by Crippen LogP contribution is -1.98. The van der Waals surface area contributed by atoms with Crippen molar-refractivity contribution in [2.24, 2.45) is 0 Å². The van der Waals surface area contributed by atoms with E-state index in [2.05, 4.69) is 0 Å². The highest BCUT2D eigenvalue weighted by molar-refractivity contribution is 5.66. The lowest BCUT2D eigenvalue weighted by atomic mass is 10.2. The minimum absolute atomic E-state index is 0.158. The van der Waals surface area contributed by atoms with Gasteiger partial charge in [-0.1, -0.05) is 79.8 Å². The van der Waals surface area contributed by atoms with Gasteiger partial charge in [-0.2, -0.15) is 0 Å². The first kappa shape index (κ1) is 23.8. The molecule has 144 valence electrons. The molecular weight excluding hydrogens is 328 g/mol. The number of aliphatic carboxylic acids is 1. The number of carbonyl (C=O) groups is 1. The lowest BCUT2D eigenvalue weighted by Gasteiger charge is -1.98. The maximum Gasteiger partial charge on any atom is 0.303 e. The molecule has 26 heavy (non-hydrogen) atoms. The first-order chi connectivity index (χ1) is 12.6. The fourth-order valence-electron chi connectivity index (χ4n) is 1.82. The molecule has 2 unspecified atom stereocenters. The zero-order chi connectivity index (χ0) is 19.5. The quantitative estimate of drug-likeness (QED) is 0.315. The van der Waals surface area contributed by atoms with Crippen molar-refractivity contribution in [1.82, 2.24) is 0 Å². The van der Waals surface area contributed by atoms with E-state index in [0.717, 1.165) is 19.3 Å². The Labute approximate surface area is 157 Å². The molecular formula is C22H32O4. The molecule has 4 nitrogen and oxygen atoms in total. The second-order valence-corrected chi connectivity index (χ2v) is 5.75. The van der Waals surface area contributed by atoms with Crippen LogP contribution in [-0.2, 0) is 4.79 Å². The third-order valence-corrected chi connectivity index (χ3v) is 3.36. The smallest absolute Gasteiger partial charge is 0.303 e. The molecule has 0 heterocycles. The zero-order valence-corrected chi connectivity index (χ0v) is 15.6. The largest absolute Gasteiger partial charge is 0.481 e. The number of carboxylic acids is 1. The van der Waals surface area contributed by atoms with Crippen LogP contribution in [0.2, 0.25) is 0 Å². The van der Waals surface area contributed by atoms with Crippen molar-refractivity contribution in [2.75, 3.05) is 0 Å². The Hall–Kier alpha value is -2.17. The second kappa shape index (κ2) is 17.6. The summed E-state index contributed by atoms with van der Waals surface area (Å²) in [6, 6.07) is 0. The Morgan fingerprint density at radius 2 is 1.38 bits per heavy atom. The molecule has 0 amide bonds. The van der Waals surface area contributed by atoms with E-state index in [1.54, 1.807) is 12.2 Å². The van der Waals surface area contributed by atoms with Gasteiger partial charge in [-0.25, -0.2) is 0 Å². The highest BCUT2D eigenvalue weighted by atomic mass is 16.4. The van der Waals surface area contributed by atoms with E-state index in [-0.39, 0.29) is 12.5 Å². The Balaban J connectivity index is 3.80. The highest BCUT2D eigenvalue weighted by Gasteiger charge is 1.93. The van der Waals surface area contributed by atoms with Crippen molar-refractivity contribution in [3.05, 3.63) is 72.9 Å². The van der Waals surface area contributed by atoms with Crippen LogP contribution >= 0.6 is 0 Å². The topological polar surface area (TPSA) is 77.8 Å². The van der Waals surface area contributed by atoms with Gasteiger partial charge in [-0.05, 0) is 32.1 Å². The average Bonchev–Trinajstić information content (AvgIpc) is 2.61. The molecule has 0 aliphatic carbocycles. The normalized spacial score (nSPS) is 15.5. The Morgan fingerprint density at radius 3 is 2.00 bits per heavy atom. The van der Waals surface area contributed by atoms with E-state index in [1.807, 2.05) is 67.7 Å². The Morgan fingerprint density at radius 1 is 0.808 bits per heavy atom. The third kappa shape index (κ3) is 18.2. The van der Waals surface area contributed by atoms with E-state index in [4.69, 9.17) is 5.11 Å².